The van der Waals surface area contributed by atoms with E-state index in [1.54, 1.807) is 0 Å². The largest absolute Gasteiger partial charge is 0.462 e. The molecule has 1 atom stereocenters. The predicted octanol–water partition coefficient (Wildman–Crippen LogP) is 24.8. The van der Waals surface area contributed by atoms with E-state index in [0.717, 1.165) is 109 Å². The van der Waals surface area contributed by atoms with Gasteiger partial charge in [-0.25, -0.2) is 0 Å². The van der Waals surface area contributed by atoms with E-state index in [1.165, 1.54) is 205 Å². The number of carbonyl (C=O) groups is 3. The molecule has 0 spiro atoms. The van der Waals surface area contributed by atoms with E-state index >= 15 is 0 Å². The van der Waals surface area contributed by atoms with E-state index in [-0.39, 0.29) is 31.1 Å². The molecule has 0 bridgehead atoms. The molecule has 0 aromatic carbocycles. The van der Waals surface area contributed by atoms with Gasteiger partial charge in [0.1, 0.15) is 13.2 Å². The van der Waals surface area contributed by atoms with Crippen molar-refractivity contribution in [2.24, 2.45) is 0 Å². The van der Waals surface area contributed by atoms with Gasteiger partial charge in [-0.2, -0.15) is 0 Å². The second kappa shape index (κ2) is 70.8. The zero-order valence-electron chi connectivity index (χ0n) is 54.9. The molecular formula is C77H134O6. The topological polar surface area (TPSA) is 78.9 Å². The minimum atomic E-state index is -0.795. The van der Waals surface area contributed by atoms with Gasteiger partial charge in [-0.1, -0.05) is 349 Å². The molecule has 0 aliphatic rings. The summed E-state index contributed by atoms with van der Waals surface area (Å²) in [6.45, 7) is 6.54. The number of hydrogen-bond acceptors (Lipinski definition) is 6. The minimum absolute atomic E-state index is 0.0869. The number of ether oxygens (including phenoxy) is 3. The van der Waals surface area contributed by atoms with E-state index in [1.807, 2.05) is 0 Å². The van der Waals surface area contributed by atoms with Gasteiger partial charge in [0, 0.05) is 19.3 Å². The molecule has 0 rings (SSSR count). The fourth-order valence-electron chi connectivity index (χ4n) is 10.3. The summed E-state index contributed by atoms with van der Waals surface area (Å²) in [6, 6.07) is 0. The Hall–Kier alpha value is -3.67. The lowest BCUT2D eigenvalue weighted by Gasteiger charge is -2.18. The van der Waals surface area contributed by atoms with Gasteiger partial charge in [-0.15, -0.1) is 0 Å². The lowest BCUT2D eigenvalue weighted by molar-refractivity contribution is -0.167. The lowest BCUT2D eigenvalue weighted by Crippen LogP contribution is -2.30. The molecule has 0 aromatic rings. The molecule has 6 nitrogen and oxygen atoms in total. The van der Waals surface area contributed by atoms with Crippen LogP contribution in [-0.4, -0.2) is 37.2 Å². The molecule has 6 heteroatoms. The Labute approximate surface area is 515 Å². The molecule has 0 radical (unpaired) electrons. The van der Waals surface area contributed by atoms with Crippen molar-refractivity contribution in [1.82, 2.24) is 0 Å². The van der Waals surface area contributed by atoms with Crippen LogP contribution in [0.5, 0.6) is 0 Å². The predicted molar refractivity (Wildman–Crippen MR) is 362 cm³/mol. The number of esters is 3. The Kier molecular flexibility index (Phi) is 67.7. The Morgan fingerprint density at radius 2 is 0.470 bits per heavy atom. The van der Waals surface area contributed by atoms with Crippen molar-refractivity contribution in [1.29, 1.82) is 0 Å². The highest BCUT2D eigenvalue weighted by molar-refractivity contribution is 5.71. The number of allylic oxidation sites excluding steroid dienone is 16. The molecule has 0 aliphatic heterocycles. The molecule has 0 fully saturated rings. The van der Waals surface area contributed by atoms with Crippen LogP contribution in [0.3, 0.4) is 0 Å². The van der Waals surface area contributed by atoms with Gasteiger partial charge in [0.25, 0.3) is 0 Å². The quantitative estimate of drug-likeness (QED) is 0.0261. The highest BCUT2D eigenvalue weighted by atomic mass is 16.6. The highest BCUT2D eigenvalue weighted by Crippen LogP contribution is 2.18. The molecule has 478 valence electrons. The first-order valence-corrected chi connectivity index (χ1v) is 35.7. The van der Waals surface area contributed by atoms with Crippen LogP contribution in [0.15, 0.2) is 97.2 Å². The summed E-state index contributed by atoms with van der Waals surface area (Å²) in [5.41, 5.74) is 0. The molecule has 1 unspecified atom stereocenters. The Bertz CT molecular complexity index is 1610. The van der Waals surface area contributed by atoms with Crippen LogP contribution in [0.1, 0.15) is 355 Å². The van der Waals surface area contributed by atoms with Crippen LogP contribution in [-0.2, 0) is 28.6 Å². The smallest absolute Gasteiger partial charge is 0.306 e. The standard InChI is InChI=1S/C77H134O6/c1-4-7-10-13-16-19-22-25-27-29-31-33-35-37-38-40-41-43-45-47-49-52-55-58-61-64-67-70-76(79)82-73-74(72-81-75(78)69-66-63-60-57-54-51-24-21-18-15-12-9-6-3)83-77(80)71-68-65-62-59-56-53-50-48-46-44-42-39-36-34-32-30-28-26-23-20-17-14-11-8-5-2/h7,10,16,19,25,27,31,33,37-38,41,43,47,49,55,58,74H,4-6,8-9,11-15,17-18,20-24,26,28-30,32,34-36,39-40,42,44-46,48,50-54,56-57,59-73H2,1-3H3/b10-7-,19-16-,27-25-,33-31-,38-37-,43-41-,49-47-,58-55-. The van der Waals surface area contributed by atoms with E-state index in [0.29, 0.717) is 19.3 Å². The summed E-state index contributed by atoms with van der Waals surface area (Å²) in [5, 5.41) is 0. The van der Waals surface area contributed by atoms with Gasteiger partial charge in [-0.05, 0) is 83.5 Å². The van der Waals surface area contributed by atoms with Crippen LogP contribution in [0.25, 0.3) is 0 Å². The summed E-state index contributed by atoms with van der Waals surface area (Å²) in [7, 11) is 0. The average Bonchev–Trinajstić information content (AvgIpc) is 3.49. The van der Waals surface area contributed by atoms with Crippen molar-refractivity contribution < 1.29 is 28.6 Å². The summed E-state index contributed by atoms with van der Waals surface area (Å²) in [4.78, 5) is 38.4. The molecule has 0 N–H and O–H groups in total. The molecule has 0 heterocycles. The van der Waals surface area contributed by atoms with E-state index in [9.17, 15) is 14.4 Å². The third-order valence-electron chi connectivity index (χ3n) is 15.6. The maximum Gasteiger partial charge on any atom is 0.306 e. The van der Waals surface area contributed by atoms with Gasteiger partial charge in [0.2, 0.25) is 0 Å². The maximum absolute atomic E-state index is 13.0. The van der Waals surface area contributed by atoms with Crippen molar-refractivity contribution in [2.45, 2.75) is 361 Å². The highest BCUT2D eigenvalue weighted by Gasteiger charge is 2.19. The first kappa shape index (κ1) is 79.3. The normalized spacial score (nSPS) is 12.7. The van der Waals surface area contributed by atoms with Crippen molar-refractivity contribution in [2.75, 3.05) is 13.2 Å². The van der Waals surface area contributed by atoms with Gasteiger partial charge >= 0.3 is 17.9 Å². The van der Waals surface area contributed by atoms with E-state index in [4.69, 9.17) is 14.2 Å². The Morgan fingerprint density at radius 1 is 0.253 bits per heavy atom. The van der Waals surface area contributed by atoms with Crippen LogP contribution in [0.4, 0.5) is 0 Å². The van der Waals surface area contributed by atoms with Crippen LogP contribution < -0.4 is 0 Å². The zero-order valence-corrected chi connectivity index (χ0v) is 54.9. The van der Waals surface area contributed by atoms with Crippen LogP contribution >= 0.6 is 0 Å². The van der Waals surface area contributed by atoms with Crippen molar-refractivity contribution >= 4 is 17.9 Å². The van der Waals surface area contributed by atoms with Gasteiger partial charge in [0.15, 0.2) is 6.10 Å². The molecule has 0 amide bonds. The SMILES string of the molecule is CC/C=C\C/C=C\C/C=C\C/C=C\C/C=C\C/C=C\C/C=C\C/C=C\CCCCC(=O)OCC(COC(=O)CCCCCCCCCCCCCCC)OC(=O)CCCCCCCCCCCCCCCCCCCCCCCCCCC. The first-order chi connectivity index (χ1) is 41.0. The number of rotatable bonds is 65. The fourth-order valence-corrected chi connectivity index (χ4v) is 10.3. The third kappa shape index (κ3) is 69.0. The molecule has 0 saturated carbocycles. The molecule has 0 aliphatic carbocycles. The zero-order chi connectivity index (χ0) is 59.9. The third-order valence-corrected chi connectivity index (χ3v) is 15.6. The lowest BCUT2D eigenvalue weighted by atomic mass is 10.0. The first-order valence-electron chi connectivity index (χ1n) is 35.7. The minimum Gasteiger partial charge on any atom is -0.462 e. The number of carbonyl (C=O) groups excluding carboxylic acids is 3. The van der Waals surface area contributed by atoms with Crippen molar-refractivity contribution in [3.63, 3.8) is 0 Å². The van der Waals surface area contributed by atoms with E-state index < -0.39 is 6.10 Å². The average molecular weight is 1160 g/mol. The van der Waals surface area contributed by atoms with Crippen LogP contribution in [0, 0.1) is 0 Å². The summed E-state index contributed by atoms with van der Waals surface area (Å²) in [5.74, 6) is -0.914. The monoisotopic (exact) mass is 1160 g/mol. The second-order valence-electron chi connectivity index (χ2n) is 23.8. The Balaban J connectivity index is 4.35. The molecule has 0 aromatic heterocycles. The fraction of sp³-hybridized carbons (Fsp3) is 0.753. The van der Waals surface area contributed by atoms with Crippen LogP contribution in [0.2, 0.25) is 0 Å². The van der Waals surface area contributed by atoms with E-state index in [2.05, 4.69) is 118 Å². The number of hydrogen-bond donors (Lipinski definition) is 0. The maximum atomic E-state index is 13.0. The summed E-state index contributed by atoms with van der Waals surface area (Å²) in [6.07, 6.45) is 95.8. The van der Waals surface area contributed by atoms with Crippen molar-refractivity contribution in [3.05, 3.63) is 97.2 Å². The molecular weight excluding hydrogens is 1020 g/mol. The van der Waals surface area contributed by atoms with Gasteiger partial charge in [0.05, 0.1) is 0 Å². The number of unbranched alkanes of at least 4 members (excludes halogenated alkanes) is 38. The Morgan fingerprint density at radius 3 is 0.735 bits per heavy atom. The summed E-state index contributed by atoms with van der Waals surface area (Å²) < 4.78 is 16.9. The van der Waals surface area contributed by atoms with Crippen molar-refractivity contribution in [3.8, 4) is 0 Å². The second-order valence-corrected chi connectivity index (χ2v) is 23.8. The van der Waals surface area contributed by atoms with Gasteiger partial charge < -0.3 is 14.2 Å². The molecule has 0 saturated heterocycles. The molecule has 83 heavy (non-hydrogen) atoms. The van der Waals surface area contributed by atoms with Gasteiger partial charge in [-0.3, -0.25) is 14.4 Å². The summed E-state index contributed by atoms with van der Waals surface area (Å²) >= 11 is 0.